The van der Waals surface area contributed by atoms with E-state index in [4.69, 9.17) is 4.74 Å². The molecule has 0 spiro atoms. The van der Waals surface area contributed by atoms with Gasteiger partial charge in [-0.15, -0.1) is 0 Å². The second-order valence-corrected chi connectivity index (χ2v) is 2.07. The van der Waals surface area contributed by atoms with E-state index in [1.807, 2.05) is 6.20 Å². The number of hydrogen-bond donors (Lipinski definition) is 1. The van der Waals surface area contributed by atoms with Crippen LogP contribution >= 0.6 is 0 Å². The molecule has 60 valence electrons. The maximum Gasteiger partial charge on any atom is 0.116 e. The molecule has 0 atom stereocenters. The molecule has 0 heterocycles. The van der Waals surface area contributed by atoms with Crippen molar-refractivity contribution in [2.45, 2.75) is 26.7 Å². The summed E-state index contributed by atoms with van der Waals surface area (Å²) in [6, 6.07) is 0. The third-order valence-corrected chi connectivity index (χ3v) is 1.01. The second kappa shape index (κ2) is 8.50. The molecule has 0 saturated heterocycles. The molecule has 10 heavy (non-hydrogen) atoms. The maximum absolute atomic E-state index is 5.17. The van der Waals surface area contributed by atoms with Crippen molar-refractivity contribution >= 4 is 0 Å². The van der Waals surface area contributed by atoms with E-state index in [0.29, 0.717) is 6.73 Å². The van der Waals surface area contributed by atoms with E-state index in [-0.39, 0.29) is 0 Å². The number of ether oxygens (including phenoxy) is 1. The molecule has 0 unspecified atom stereocenters. The Bertz CT molecular complexity index is 81.3. The van der Waals surface area contributed by atoms with Crippen LogP contribution in [0.5, 0.6) is 0 Å². The van der Waals surface area contributed by atoms with E-state index >= 15 is 0 Å². The lowest BCUT2D eigenvalue weighted by Gasteiger charge is -2.00. The van der Waals surface area contributed by atoms with Crippen molar-refractivity contribution in [3.8, 4) is 0 Å². The molecule has 0 aliphatic carbocycles. The van der Waals surface area contributed by atoms with Gasteiger partial charge < -0.3 is 10.1 Å². The van der Waals surface area contributed by atoms with E-state index in [1.165, 1.54) is 0 Å². The number of nitrogens with one attached hydrogen (secondary N) is 1. The highest BCUT2D eigenvalue weighted by atomic mass is 16.5. The second-order valence-electron chi connectivity index (χ2n) is 2.07. The monoisotopic (exact) mass is 143 g/mol. The fourth-order valence-electron chi connectivity index (χ4n) is 0.525. The van der Waals surface area contributed by atoms with Crippen molar-refractivity contribution in [2.24, 2.45) is 0 Å². The minimum atomic E-state index is 0.629. The smallest absolute Gasteiger partial charge is 0.116 e. The van der Waals surface area contributed by atoms with Crippen LogP contribution in [-0.4, -0.2) is 13.3 Å². The predicted octanol–water partition coefficient (Wildman–Crippen LogP) is 1.88. The lowest BCUT2D eigenvalue weighted by Crippen LogP contribution is -2.10. The van der Waals surface area contributed by atoms with Gasteiger partial charge in [-0.05, 0) is 19.0 Å². The zero-order valence-corrected chi connectivity index (χ0v) is 6.89. The quantitative estimate of drug-likeness (QED) is 0.453. The van der Waals surface area contributed by atoms with Crippen LogP contribution in [0.2, 0.25) is 0 Å². The highest BCUT2D eigenvalue weighted by molar-refractivity contribution is 4.75. The fourth-order valence-corrected chi connectivity index (χ4v) is 0.525. The van der Waals surface area contributed by atoms with Crippen LogP contribution in [0.15, 0.2) is 12.3 Å². The Kier molecular flexibility index (Phi) is 8.07. The molecule has 0 aromatic heterocycles. The molecule has 0 amide bonds. The van der Waals surface area contributed by atoms with Crippen LogP contribution in [0.1, 0.15) is 26.7 Å². The zero-order chi connectivity index (χ0) is 7.66. The Morgan fingerprint density at radius 3 is 2.80 bits per heavy atom. The van der Waals surface area contributed by atoms with Crippen molar-refractivity contribution < 1.29 is 4.74 Å². The van der Waals surface area contributed by atoms with Gasteiger partial charge in [0.05, 0.1) is 0 Å². The Balaban J connectivity index is 2.83. The summed E-state index contributed by atoms with van der Waals surface area (Å²) in [5, 5.41) is 3.02. The lowest BCUT2D eigenvalue weighted by molar-refractivity contribution is 0.126. The summed E-state index contributed by atoms with van der Waals surface area (Å²) in [5.41, 5.74) is 0. The van der Waals surface area contributed by atoms with Crippen LogP contribution in [0.25, 0.3) is 0 Å². The van der Waals surface area contributed by atoms with Crippen LogP contribution in [0.4, 0.5) is 0 Å². The fraction of sp³-hybridized carbons (Fsp3) is 0.750. The maximum atomic E-state index is 5.17. The van der Waals surface area contributed by atoms with E-state index in [0.717, 1.165) is 19.4 Å². The van der Waals surface area contributed by atoms with E-state index in [2.05, 4.69) is 25.2 Å². The van der Waals surface area contributed by atoms with Gasteiger partial charge in [0, 0.05) is 6.61 Å². The molecular weight excluding hydrogens is 126 g/mol. The first-order chi connectivity index (χ1) is 4.91. The number of hydrogen-bond acceptors (Lipinski definition) is 2. The number of rotatable bonds is 6. The molecule has 0 radical (unpaired) electrons. The first-order valence-electron chi connectivity index (χ1n) is 3.88. The standard InChI is InChI=1S/C8H17NO/c1-3-5-6-9-8-10-7-4-2/h5-6,9H,3-4,7-8H2,1-2H3/b6-5-. The molecule has 0 fully saturated rings. The van der Waals surface area contributed by atoms with Gasteiger partial charge in [-0.25, -0.2) is 0 Å². The Morgan fingerprint density at radius 1 is 1.40 bits per heavy atom. The van der Waals surface area contributed by atoms with Crippen LogP contribution in [0, 0.1) is 0 Å². The van der Waals surface area contributed by atoms with Crippen molar-refractivity contribution in [2.75, 3.05) is 13.3 Å². The largest absolute Gasteiger partial charge is 0.369 e. The first kappa shape index (κ1) is 9.50. The van der Waals surface area contributed by atoms with Crippen LogP contribution < -0.4 is 5.32 Å². The van der Waals surface area contributed by atoms with Gasteiger partial charge in [0.15, 0.2) is 0 Å². The highest BCUT2D eigenvalue weighted by Crippen LogP contribution is 1.78. The van der Waals surface area contributed by atoms with E-state index in [9.17, 15) is 0 Å². The topological polar surface area (TPSA) is 21.3 Å². The average molecular weight is 143 g/mol. The summed E-state index contributed by atoms with van der Waals surface area (Å²) in [4.78, 5) is 0. The molecule has 2 nitrogen and oxygen atoms in total. The molecule has 0 bridgehead atoms. The normalized spacial score (nSPS) is 10.6. The highest BCUT2D eigenvalue weighted by Gasteiger charge is 1.78. The van der Waals surface area contributed by atoms with Gasteiger partial charge in [-0.3, -0.25) is 0 Å². The molecule has 0 saturated carbocycles. The molecule has 0 aliphatic heterocycles. The first-order valence-corrected chi connectivity index (χ1v) is 3.88. The third-order valence-electron chi connectivity index (χ3n) is 1.01. The van der Waals surface area contributed by atoms with Crippen LogP contribution in [-0.2, 0) is 4.74 Å². The van der Waals surface area contributed by atoms with Gasteiger partial charge in [-0.1, -0.05) is 19.9 Å². The van der Waals surface area contributed by atoms with Gasteiger partial charge in [0.1, 0.15) is 6.73 Å². The lowest BCUT2D eigenvalue weighted by atomic mass is 10.5. The van der Waals surface area contributed by atoms with E-state index in [1.54, 1.807) is 0 Å². The molecular formula is C8H17NO. The Hall–Kier alpha value is -0.500. The van der Waals surface area contributed by atoms with Gasteiger partial charge >= 0.3 is 0 Å². The summed E-state index contributed by atoms with van der Waals surface area (Å²) in [6.07, 6.45) is 6.14. The van der Waals surface area contributed by atoms with Gasteiger partial charge in [0.2, 0.25) is 0 Å². The van der Waals surface area contributed by atoms with Crippen LogP contribution in [0.3, 0.4) is 0 Å². The van der Waals surface area contributed by atoms with E-state index < -0.39 is 0 Å². The summed E-state index contributed by atoms with van der Waals surface area (Å²) in [7, 11) is 0. The Morgan fingerprint density at radius 2 is 2.20 bits per heavy atom. The summed E-state index contributed by atoms with van der Waals surface area (Å²) < 4.78 is 5.17. The van der Waals surface area contributed by atoms with Gasteiger partial charge in [0.25, 0.3) is 0 Å². The SMILES string of the molecule is CC/C=C\NCOCCC. The average Bonchev–Trinajstić information content (AvgIpc) is 1.97. The molecule has 2 heteroatoms. The molecule has 0 aliphatic rings. The number of allylic oxidation sites excluding steroid dienone is 1. The predicted molar refractivity (Wildman–Crippen MR) is 43.7 cm³/mol. The van der Waals surface area contributed by atoms with Crippen molar-refractivity contribution in [3.05, 3.63) is 12.3 Å². The molecule has 0 rings (SSSR count). The molecule has 0 aromatic rings. The summed E-state index contributed by atoms with van der Waals surface area (Å²) in [5.74, 6) is 0. The van der Waals surface area contributed by atoms with Crippen molar-refractivity contribution in [1.29, 1.82) is 0 Å². The van der Waals surface area contributed by atoms with Crippen molar-refractivity contribution in [1.82, 2.24) is 5.32 Å². The summed E-state index contributed by atoms with van der Waals surface area (Å²) >= 11 is 0. The zero-order valence-electron chi connectivity index (χ0n) is 6.89. The minimum Gasteiger partial charge on any atom is -0.369 e. The van der Waals surface area contributed by atoms with Crippen molar-refractivity contribution in [3.63, 3.8) is 0 Å². The molecule has 1 N–H and O–H groups in total. The minimum absolute atomic E-state index is 0.629. The molecule has 0 aromatic carbocycles. The third kappa shape index (κ3) is 7.50. The Labute approximate surface area is 63.3 Å². The van der Waals surface area contributed by atoms with Gasteiger partial charge in [-0.2, -0.15) is 0 Å². The summed E-state index contributed by atoms with van der Waals surface area (Å²) in [6.45, 7) is 5.67.